The smallest absolute Gasteiger partial charge is 0.260 e. The summed E-state index contributed by atoms with van der Waals surface area (Å²) in [6.45, 7) is 1.10. The topological polar surface area (TPSA) is 108 Å². The molecule has 8 nitrogen and oxygen atoms in total. The van der Waals surface area contributed by atoms with E-state index in [2.05, 4.69) is 15.8 Å². The van der Waals surface area contributed by atoms with E-state index in [-0.39, 0.29) is 11.6 Å². The van der Waals surface area contributed by atoms with Gasteiger partial charge in [0.25, 0.3) is 11.8 Å². The number of nitrogens with zero attached hydrogens (tertiary/aromatic N) is 2. The number of rotatable bonds is 8. The van der Waals surface area contributed by atoms with Crippen molar-refractivity contribution in [3.05, 3.63) is 94.8 Å². The van der Waals surface area contributed by atoms with E-state index in [1.807, 2.05) is 0 Å². The van der Waals surface area contributed by atoms with Crippen LogP contribution in [0.1, 0.15) is 22.8 Å². The van der Waals surface area contributed by atoms with Crippen LogP contribution in [0.25, 0.3) is 0 Å². The Labute approximate surface area is 207 Å². The predicted molar refractivity (Wildman–Crippen MR) is 135 cm³/mol. The first kappa shape index (κ1) is 25.9. The summed E-state index contributed by atoms with van der Waals surface area (Å²) in [5.41, 5.74) is 4.42. The van der Waals surface area contributed by atoms with Crippen molar-refractivity contribution in [3.63, 3.8) is 0 Å². The highest BCUT2D eigenvalue weighted by atomic mass is 35.5. The van der Waals surface area contributed by atoms with Gasteiger partial charge in [0.05, 0.1) is 17.7 Å². The summed E-state index contributed by atoms with van der Waals surface area (Å²) in [4.78, 5) is 24.9. The van der Waals surface area contributed by atoms with E-state index in [0.29, 0.717) is 27.5 Å². The molecule has 0 atom stereocenters. The van der Waals surface area contributed by atoms with Gasteiger partial charge in [-0.05, 0) is 67.1 Å². The van der Waals surface area contributed by atoms with Crippen molar-refractivity contribution in [2.75, 3.05) is 22.4 Å². The maximum Gasteiger partial charge on any atom is 0.260 e. The Balaban J connectivity index is 1.68. The van der Waals surface area contributed by atoms with Crippen LogP contribution < -0.4 is 15.0 Å². The lowest BCUT2D eigenvalue weighted by Crippen LogP contribution is -2.39. The Hall–Kier alpha value is -3.76. The number of carbonyl (C=O) groups is 2. The monoisotopic (exact) mass is 516 g/mol. The second-order valence-corrected chi connectivity index (χ2v) is 9.87. The molecule has 11 heteroatoms. The van der Waals surface area contributed by atoms with Crippen LogP contribution in [0, 0.1) is 5.82 Å². The van der Waals surface area contributed by atoms with Gasteiger partial charge in [-0.25, -0.2) is 18.2 Å². The molecule has 182 valence electrons. The third-order valence-electron chi connectivity index (χ3n) is 4.78. The third kappa shape index (κ3) is 7.36. The number of hydrogen-bond donors (Lipinski definition) is 2. The fourth-order valence-corrected chi connectivity index (χ4v) is 4.09. The van der Waals surface area contributed by atoms with Gasteiger partial charge in [0.2, 0.25) is 10.0 Å². The summed E-state index contributed by atoms with van der Waals surface area (Å²) >= 11 is 5.93. The number of sulfonamides is 1. The first-order valence-corrected chi connectivity index (χ1v) is 12.5. The molecular formula is C24H22ClFN4O4S. The fourth-order valence-electron chi connectivity index (χ4n) is 3.04. The van der Waals surface area contributed by atoms with Gasteiger partial charge in [0, 0.05) is 16.3 Å². The maximum absolute atomic E-state index is 13.2. The minimum absolute atomic E-state index is 0.146. The van der Waals surface area contributed by atoms with Crippen LogP contribution in [-0.2, 0) is 14.8 Å². The molecule has 0 radical (unpaired) electrons. The van der Waals surface area contributed by atoms with E-state index in [0.717, 1.165) is 22.7 Å². The molecule has 0 saturated heterocycles. The summed E-state index contributed by atoms with van der Waals surface area (Å²) in [7, 11) is -3.81. The zero-order valence-electron chi connectivity index (χ0n) is 18.8. The third-order valence-corrected chi connectivity index (χ3v) is 6.15. The van der Waals surface area contributed by atoms with Crippen molar-refractivity contribution in [1.29, 1.82) is 0 Å². The first-order chi connectivity index (χ1) is 16.5. The van der Waals surface area contributed by atoms with Crippen molar-refractivity contribution in [2.45, 2.75) is 6.92 Å². The molecule has 35 heavy (non-hydrogen) atoms. The molecule has 3 aromatic rings. The summed E-state index contributed by atoms with van der Waals surface area (Å²) in [6.07, 6.45) is 0.946. The summed E-state index contributed by atoms with van der Waals surface area (Å²) in [6, 6.07) is 18.1. The number of hydrogen-bond acceptors (Lipinski definition) is 5. The molecule has 2 amide bonds. The minimum Gasteiger partial charge on any atom is -0.322 e. The SMILES string of the molecule is C/C(=N/NC(=O)CN(c1ccc(F)cc1)S(C)(=O)=O)c1cccc(NC(=O)c2cccc(Cl)c2)c1. The van der Waals surface area contributed by atoms with Crippen molar-refractivity contribution in [3.8, 4) is 0 Å². The Bertz CT molecular complexity index is 1380. The van der Waals surface area contributed by atoms with E-state index in [1.165, 1.54) is 12.1 Å². The number of hydrazone groups is 1. The van der Waals surface area contributed by atoms with Crippen LogP contribution >= 0.6 is 11.6 Å². The molecule has 3 rings (SSSR count). The van der Waals surface area contributed by atoms with E-state index >= 15 is 0 Å². The second-order valence-electron chi connectivity index (χ2n) is 7.52. The maximum atomic E-state index is 13.2. The quantitative estimate of drug-likeness (QED) is 0.348. The van der Waals surface area contributed by atoms with E-state index in [1.54, 1.807) is 55.5 Å². The molecule has 0 unspecified atom stereocenters. The number of halogens is 2. The molecule has 0 fully saturated rings. The summed E-state index contributed by atoms with van der Waals surface area (Å²) in [5, 5.41) is 7.25. The predicted octanol–water partition coefficient (Wildman–Crippen LogP) is 4.04. The van der Waals surface area contributed by atoms with Gasteiger partial charge < -0.3 is 5.32 Å². The Kier molecular flexibility index (Phi) is 8.21. The molecule has 0 spiro atoms. The van der Waals surface area contributed by atoms with Gasteiger partial charge >= 0.3 is 0 Å². The van der Waals surface area contributed by atoms with E-state index < -0.39 is 28.3 Å². The molecule has 0 aromatic heterocycles. The van der Waals surface area contributed by atoms with Crippen LogP contribution in [0.2, 0.25) is 5.02 Å². The molecule has 0 aliphatic carbocycles. The minimum atomic E-state index is -3.81. The average Bonchev–Trinajstić information content (AvgIpc) is 2.81. The lowest BCUT2D eigenvalue weighted by Gasteiger charge is -2.21. The van der Waals surface area contributed by atoms with Gasteiger partial charge in [-0.15, -0.1) is 0 Å². The van der Waals surface area contributed by atoms with Gasteiger partial charge in [0.1, 0.15) is 12.4 Å². The van der Waals surface area contributed by atoms with Crippen LogP contribution in [-0.4, -0.2) is 38.7 Å². The van der Waals surface area contributed by atoms with Crippen LogP contribution in [0.5, 0.6) is 0 Å². The number of benzene rings is 3. The molecule has 0 heterocycles. The van der Waals surface area contributed by atoms with Gasteiger partial charge in [-0.2, -0.15) is 5.10 Å². The molecule has 0 aliphatic rings. The Morgan fingerprint density at radius 3 is 2.31 bits per heavy atom. The molecule has 0 aliphatic heterocycles. The van der Waals surface area contributed by atoms with Crippen LogP contribution in [0.3, 0.4) is 0 Å². The van der Waals surface area contributed by atoms with Gasteiger partial charge in [0.15, 0.2) is 0 Å². The van der Waals surface area contributed by atoms with E-state index in [9.17, 15) is 22.4 Å². The largest absolute Gasteiger partial charge is 0.322 e. The van der Waals surface area contributed by atoms with Crippen LogP contribution in [0.15, 0.2) is 77.9 Å². The van der Waals surface area contributed by atoms with Crippen molar-refractivity contribution < 1.29 is 22.4 Å². The highest BCUT2D eigenvalue weighted by Crippen LogP contribution is 2.18. The van der Waals surface area contributed by atoms with E-state index in [4.69, 9.17) is 11.6 Å². The molecule has 3 aromatic carbocycles. The number of carbonyl (C=O) groups excluding carboxylic acids is 2. The lowest BCUT2D eigenvalue weighted by atomic mass is 10.1. The van der Waals surface area contributed by atoms with Gasteiger partial charge in [-0.3, -0.25) is 13.9 Å². The standard InChI is InChI=1S/C24H22ClFN4O4S/c1-16(17-5-4-8-21(14-17)27-24(32)18-6-3-7-19(25)13-18)28-29-23(31)15-30(35(2,33)34)22-11-9-20(26)10-12-22/h3-14H,15H2,1-2H3,(H,27,32)(H,29,31)/b28-16-. The molecule has 0 bridgehead atoms. The zero-order chi connectivity index (χ0) is 25.6. The van der Waals surface area contributed by atoms with Gasteiger partial charge in [-0.1, -0.05) is 29.8 Å². The average molecular weight is 517 g/mol. The molecular weight excluding hydrogens is 495 g/mol. The first-order valence-electron chi connectivity index (χ1n) is 10.3. The molecule has 2 N–H and O–H groups in total. The van der Waals surface area contributed by atoms with Crippen molar-refractivity contribution >= 4 is 50.5 Å². The Morgan fingerprint density at radius 1 is 1.00 bits per heavy atom. The number of amides is 2. The highest BCUT2D eigenvalue weighted by molar-refractivity contribution is 7.92. The number of nitrogens with one attached hydrogen (secondary N) is 2. The lowest BCUT2D eigenvalue weighted by molar-refractivity contribution is -0.119. The Morgan fingerprint density at radius 2 is 1.66 bits per heavy atom. The van der Waals surface area contributed by atoms with Crippen molar-refractivity contribution in [1.82, 2.24) is 5.43 Å². The van der Waals surface area contributed by atoms with Crippen molar-refractivity contribution in [2.24, 2.45) is 5.10 Å². The normalized spacial score (nSPS) is 11.6. The second kappa shape index (κ2) is 11.1. The highest BCUT2D eigenvalue weighted by Gasteiger charge is 2.21. The van der Waals surface area contributed by atoms with Crippen LogP contribution in [0.4, 0.5) is 15.8 Å². The summed E-state index contributed by atoms with van der Waals surface area (Å²) in [5.74, 6) is -1.56. The summed E-state index contributed by atoms with van der Waals surface area (Å²) < 4.78 is 38.3. The fraction of sp³-hybridized carbons (Fsp3) is 0.125. The molecule has 0 saturated carbocycles. The zero-order valence-corrected chi connectivity index (χ0v) is 20.4. The number of anilines is 2.